The second kappa shape index (κ2) is 5.01. The number of hydrogen-bond donors (Lipinski definition) is 0. The summed E-state index contributed by atoms with van der Waals surface area (Å²) in [5.74, 6) is -0.526. The van der Waals surface area contributed by atoms with Crippen LogP contribution in [-0.4, -0.2) is 19.8 Å². The van der Waals surface area contributed by atoms with Crippen LogP contribution in [0, 0.1) is 0 Å². The van der Waals surface area contributed by atoms with Crippen LogP contribution in [0.15, 0.2) is 52.1 Å². The van der Waals surface area contributed by atoms with Crippen molar-refractivity contribution in [3.8, 4) is 0 Å². The maximum absolute atomic E-state index is 13.0. The topological polar surface area (TPSA) is 72.9 Å². The van der Waals surface area contributed by atoms with E-state index in [0.29, 0.717) is 21.4 Å². The van der Waals surface area contributed by atoms with Gasteiger partial charge >= 0.3 is 0 Å². The SMILES string of the molecule is CC(=O)c1nc2ccc(Cl)cc2c(=O)n2c3ccccc3c(=O)n12. The average molecular weight is 340 g/mol. The zero-order valence-corrected chi connectivity index (χ0v) is 13.2. The monoisotopic (exact) mass is 339 g/mol. The Bertz CT molecular complexity index is 1290. The van der Waals surface area contributed by atoms with Crippen LogP contribution in [0.2, 0.25) is 5.02 Å². The number of hydrogen-bond acceptors (Lipinski definition) is 4. The number of carbonyl (C=O) groups excluding carboxylic acids is 1. The third-order valence-corrected chi connectivity index (χ3v) is 4.11. The molecule has 118 valence electrons. The van der Waals surface area contributed by atoms with Crippen LogP contribution in [0.3, 0.4) is 0 Å². The first-order valence-electron chi connectivity index (χ1n) is 7.16. The van der Waals surface area contributed by atoms with Gasteiger partial charge < -0.3 is 0 Å². The summed E-state index contributed by atoms with van der Waals surface area (Å²) in [5.41, 5.74) is -0.221. The minimum Gasteiger partial charge on any atom is -0.291 e. The highest BCUT2D eigenvalue weighted by molar-refractivity contribution is 6.31. The number of rotatable bonds is 1. The van der Waals surface area contributed by atoms with E-state index < -0.39 is 16.9 Å². The third-order valence-electron chi connectivity index (χ3n) is 3.88. The first kappa shape index (κ1) is 14.6. The molecule has 0 saturated carbocycles. The normalized spacial score (nSPS) is 11.4. The molecule has 0 spiro atoms. The van der Waals surface area contributed by atoms with Crippen molar-refractivity contribution in [1.82, 2.24) is 14.0 Å². The van der Waals surface area contributed by atoms with Gasteiger partial charge in [0.05, 0.1) is 21.8 Å². The van der Waals surface area contributed by atoms with E-state index in [4.69, 9.17) is 11.6 Å². The molecule has 2 aromatic carbocycles. The fraction of sp³-hybridized carbons (Fsp3) is 0.0588. The number of para-hydroxylation sites is 1. The number of aromatic nitrogens is 3. The van der Waals surface area contributed by atoms with Gasteiger partial charge in [-0.25, -0.2) is 9.50 Å². The van der Waals surface area contributed by atoms with Crippen LogP contribution >= 0.6 is 11.6 Å². The largest absolute Gasteiger partial charge is 0.291 e. The Hall–Kier alpha value is -2.99. The number of ketones is 1. The van der Waals surface area contributed by atoms with Crippen molar-refractivity contribution in [3.05, 3.63) is 74.0 Å². The number of benzene rings is 2. The molecule has 0 amide bonds. The summed E-state index contributed by atoms with van der Waals surface area (Å²) in [6.45, 7) is 1.30. The van der Waals surface area contributed by atoms with Gasteiger partial charge in [-0.2, -0.15) is 4.52 Å². The van der Waals surface area contributed by atoms with Crippen LogP contribution in [0.5, 0.6) is 0 Å². The van der Waals surface area contributed by atoms with Crippen molar-refractivity contribution in [3.63, 3.8) is 0 Å². The van der Waals surface area contributed by atoms with E-state index in [1.165, 1.54) is 17.5 Å². The Morgan fingerprint density at radius 1 is 1.00 bits per heavy atom. The molecule has 0 radical (unpaired) electrons. The van der Waals surface area contributed by atoms with E-state index in [1.54, 1.807) is 36.4 Å². The number of nitrogens with zero attached hydrogens (tertiary/aromatic N) is 3. The predicted molar refractivity (Wildman–Crippen MR) is 91.2 cm³/mol. The van der Waals surface area contributed by atoms with Crippen LogP contribution in [0.25, 0.3) is 21.8 Å². The molecule has 0 saturated heterocycles. The first-order valence-corrected chi connectivity index (χ1v) is 7.54. The van der Waals surface area contributed by atoms with E-state index in [0.717, 1.165) is 4.52 Å². The van der Waals surface area contributed by atoms with Gasteiger partial charge in [-0.05, 0) is 30.3 Å². The maximum atomic E-state index is 13.0. The van der Waals surface area contributed by atoms with Gasteiger partial charge in [0.25, 0.3) is 11.1 Å². The molecular weight excluding hydrogens is 330 g/mol. The lowest BCUT2D eigenvalue weighted by molar-refractivity contribution is 0.1000. The van der Waals surface area contributed by atoms with Gasteiger partial charge in [0, 0.05) is 11.9 Å². The van der Waals surface area contributed by atoms with Crippen molar-refractivity contribution in [2.24, 2.45) is 0 Å². The maximum Gasteiger partial charge on any atom is 0.281 e. The van der Waals surface area contributed by atoms with Crippen molar-refractivity contribution in [1.29, 1.82) is 0 Å². The highest BCUT2D eigenvalue weighted by atomic mass is 35.5. The fourth-order valence-corrected chi connectivity index (χ4v) is 3.00. The van der Waals surface area contributed by atoms with E-state index in [2.05, 4.69) is 4.98 Å². The van der Waals surface area contributed by atoms with E-state index in [1.807, 2.05) is 0 Å². The molecule has 0 unspecified atom stereocenters. The van der Waals surface area contributed by atoms with E-state index in [-0.39, 0.29) is 11.2 Å². The molecule has 0 atom stereocenters. The molecule has 6 nitrogen and oxygen atoms in total. The Kier molecular flexibility index (Phi) is 3.04. The smallest absolute Gasteiger partial charge is 0.281 e. The van der Waals surface area contributed by atoms with Crippen molar-refractivity contribution < 1.29 is 4.79 Å². The Labute approximate surface area is 139 Å². The fourth-order valence-electron chi connectivity index (χ4n) is 2.82. The molecule has 0 aliphatic rings. The Morgan fingerprint density at radius 2 is 1.71 bits per heavy atom. The summed E-state index contributed by atoms with van der Waals surface area (Å²) >= 11 is 6.00. The minimum absolute atomic E-state index is 0.106. The van der Waals surface area contributed by atoms with E-state index >= 15 is 0 Å². The second-order valence-electron chi connectivity index (χ2n) is 5.40. The Balaban J connectivity index is 2.49. The van der Waals surface area contributed by atoms with Crippen LogP contribution in [-0.2, 0) is 0 Å². The predicted octanol–water partition coefficient (Wildman–Crippen LogP) is 2.32. The van der Waals surface area contributed by atoms with Gasteiger partial charge in [0.15, 0.2) is 11.6 Å². The molecular formula is C17H10ClN3O3. The molecule has 0 bridgehead atoms. The summed E-state index contributed by atoms with van der Waals surface area (Å²) in [5, 5.41) is 0.937. The summed E-state index contributed by atoms with van der Waals surface area (Å²) in [4.78, 5) is 42.1. The van der Waals surface area contributed by atoms with Gasteiger partial charge in [-0.1, -0.05) is 23.7 Å². The zero-order chi connectivity index (χ0) is 17.0. The molecule has 2 heterocycles. The summed E-state index contributed by atoms with van der Waals surface area (Å²) in [7, 11) is 0. The highest BCUT2D eigenvalue weighted by Crippen LogP contribution is 2.16. The molecule has 2 aromatic heterocycles. The first-order chi connectivity index (χ1) is 11.5. The lowest BCUT2D eigenvalue weighted by Gasteiger charge is -1.95. The highest BCUT2D eigenvalue weighted by Gasteiger charge is 2.18. The average Bonchev–Trinajstić information content (AvgIpc) is 2.78. The van der Waals surface area contributed by atoms with E-state index in [9.17, 15) is 14.4 Å². The minimum atomic E-state index is -0.467. The second-order valence-corrected chi connectivity index (χ2v) is 5.84. The number of carbonyl (C=O) groups is 1. The summed E-state index contributed by atoms with van der Waals surface area (Å²) in [6.07, 6.45) is 0. The van der Waals surface area contributed by atoms with Crippen LogP contribution < -0.4 is 11.1 Å². The molecule has 0 N–H and O–H groups in total. The van der Waals surface area contributed by atoms with Gasteiger partial charge in [0.1, 0.15) is 0 Å². The molecule has 0 aliphatic carbocycles. The lowest BCUT2D eigenvalue weighted by Crippen LogP contribution is -2.23. The van der Waals surface area contributed by atoms with Gasteiger partial charge in [-0.15, -0.1) is 0 Å². The van der Waals surface area contributed by atoms with Gasteiger partial charge in [0.2, 0.25) is 0 Å². The quantitative estimate of drug-likeness (QED) is 0.499. The van der Waals surface area contributed by atoms with Crippen molar-refractivity contribution >= 4 is 39.2 Å². The molecule has 7 heteroatoms. The molecule has 4 aromatic rings. The number of fused-ring (bicyclic) bond motifs is 4. The molecule has 4 rings (SSSR count). The number of Topliss-reactive ketones (excluding diaryl/α,β-unsaturated/α-hetero) is 1. The van der Waals surface area contributed by atoms with Gasteiger partial charge in [-0.3, -0.25) is 14.4 Å². The lowest BCUT2D eigenvalue weighted by atomic mass is 10.2. The summed E-state index contributed by atoms with van der Waals surface area (Å²) in [6, 6.07) is 11.3. The third kappa shape index (κ3) is 1.90. The van der Waals surface area contributed by atoms with Crippen LogP contribution in [0.4, 0.5) is 0 Å². The Morgan fingerprint density at radius 3 is 2.46 bits per heavy atom. The number of halogens is 1. The molecule has 0 aliphatic heterocycles. The van der Waals surface area contributed by atoms with Crippen LogP contribution in [0.1, 0.15) is 17.5 Å². The summed E-state index contributed by atoms with van der Waals surface area (Å²) < 4.78 is 2.21. The van der Waals surface area contributed by atoms with Crippen molar-refractivity contribution in [2.75, 3.05) is 0 Å². The standard InChI is InChI=1S/C17H10ClN3O3/c1-9(22)15-19-13-7-6-10(18)8-12(13)17(24)20-14-5-3-2-4-11(14)16(23)21(15)20/h2-8H,1H3. The zero-order valence-electron chi connectivity index (χ0n) is 12.5. The molecule has 0 fully saturated rings. The van der Waals surface area contributed by atoms with Crippen molar-refractivity contribution in [2.45, 2.75) is 6.92 Å². The molecule has 24 heavy (non-hydrogen) atoms.